The molecule has 1 aromatic rings. The molecule has 0 saturated carbocycles. The fourth-order valence-corrected chi connectivity index (χ4v) is 3.22. The summed E-state index contributed by atoms with van der Waals surface area (Å²) >= 11 is 0. The van der Waals surface area contributed by atoms with Crippen molar-refractivity contribution in [2.75, 3.05) is 20.8 Å². The molecule has 1 heterocycles. The third-order valence-corrected chi connectivity index (χ3v) is 4.49. The molecule has 4 nitrogen and oxygen atoms in total. The normalized spacial score (nSPS) is 21.1. The molecule has 0 aromatic heterocycles. The first-order valence-electron chi connectivity index (χ1n) is 7.78. The van der Waals surface area contributed by atoms with Crippen molar-refractivity contribution in [1.29, 1.82) is 0 Å². The van der Waals surface area contributed by atoms with E-state index in [1.54, 1.807) is 14.2 Å². The molecule has 1 aliphatic rings. The van der Waals surface area contributed by atoms with Crippen LogP contribution in [-0.4, -0.2) is 37.7 Å². The highest BCUT2D eigenvalue weighted by Crippen LogP contribution is 2.32. The topological polar surface area (TPSA) is 47.7 Å². The second-order valence-corrected chi connectivity index (χ2v) is 6.03. The zero-order chi connectivity index (χ0) is 15.4. The monoisotopic (exact) mass is 292 g/mol. The summed E-state index contributed by atoms with van der Waals surface area (Å²) < 4.78 is 10.8. The summed E-state index contributed by atoms with van der Waals surface area (Å²) in [5.74, 6) is 1.59. The fraction of sp³-hybridized carbons (Fsp3) is 0.647. The Kier molecular flexibility index (Phi) is 5.48. The van der Waals surface area contributed by atoms with E-state index < -0.39 is 0 Å². The van der Waals surface area contributed by atoms with Crippen molar-refractivity contribution in [2.24, 2.45) is 5.73 Å². The second-order valence-electron chi connectivity index (χ2n) is 6.03. The van der Waals surface area contributed by atoms with Crippen LogP contribution in [0.1, 0.15) is 37.3 Å². The summed E-state index contributed by atoms with van der Waals surface area (Å²) in [6.07, 6.45) is 3.74. The molecule has 2 N–H and O–H groups in total. The van der Waals surface area contributed by atoms with Crippen LogP contribution >= 0.6 is 0 Å². The highest BCUT2D eigenvalue weighted by atomic mass is 16.5. The predicted molar refractivity (Wildman–Crippen MR) is 86.0 cm³/mol. The molecular weight excluding hydrogens is 264 g/mol. The van der Waals surface area contributed by atoms with Crippen molar-refractivity contribution in [3.05, 3.63) is 23.3 Å². The Morgan fingerprint density at radius 1 is 1.24 bits per heavy atom. The van der Waals surface area contributed by atoms with Gasteiger partial charge >= 0.3 is 0 Å². The van der Waals surface area contributed by atoms with E-state index in [0.717, 1.165) is 24.6 Å². The quantitative estimate of drug-likeness (QED) is 0.906. The number of ether oxygens (including phenoxy) is 2. The van der Waals surface area contributed by atoms with Crippen LogP contribution in [0.5, 0.6) is 11.5 Å². The number of nitrogens with two attached hydrogens (primary N) is 1. The van der Waals surface area contributed by atoms with E-state index in [-0.39, 0.29) is 6.04 Å². The van der Waals surface area contributed by atoms with Gasteiger partial charge in [0, 0.05) is 18.6 Å². The largest absolute Gasteiger partial charge is 0.493 e. The number of hydrogen-bond donors (Lipinski definition) is 1. The Morgan fingerprint density at radius 3 is 2.52 bits per heavy atom. The lowest BCUT2D eigenvalue weighted by molar-refractivity contribution is 0.122. The number of likely N-dealkylation sites (tertiary alicyclic amines) is 1. The van der Waals surface area contributed by atoms with Crippen molar-refractivity contribution in [2.45, 2.75) is 51.7 Å². The van der Waals surface area contributed by atoms with Gasteiger partial charge in [-0.1, -0.05) is 6.42 Å². The van der Waals surface area contributed by atoms with E-state index >= 15 is 0 Å². The minimum absolute atomic E-state index is 0.214. The lowest BCUT2D eigenvalue weighted by atomic mass is 9.95. The minimum atomic E-state index is 0.214. The zero-order valence-electron chi connectivity index (χ0n) is 13.7. The van der Waals surface area contributed by atoms with Crippen LogP contribution in [-0.2, 0) is 6.54 Å². The molecule has 1 aliphatic heterocycles. The Bertz CT molecular complexity index is 474. The summed E-state index contributed by atoms with van der Waals surface area (Å²) in [5, 5.41) is 0. The van der Waals surface area contributed by atoms with Gasteiger partial charge < -0.3 is 15.2 Å². The number of benzene rings is 1. The molecule has 2 unspecified atom stereocenters. The van der Waals surface area contributed by atoms with Gasteiger partial charge in [0.1, 0.15) is 0 Å². The van der Waals surface area contributed by atoms with E-state index in [4.69, 9.17) is 15.2 Å². The molecule has 0 radical (unpaired) electrons. The van der Waals surface area contributed by atoms with Crippen LogP contribution < -0.4 is 15.2 Å². The molecule has 1 saturated heterocycles. The molecule has 4 heteroatoms. The summed E-state index contributed by atoms with van der Waals surface area (Å²) in [7, 11) is 3.36. The average molecular weight is 292 g/mol. The molecular formula is C17H28N2O2. The van der Waals surface area contributed by atoms with Crippen LogP contribution in [0, 0.1) is 6.92 Å². The SMILES string of the molecule is COc1cc(C)c(CN2CCCCC2C(C)N)cc1OC. The number of piperidine rings is 1. The molecule has 2 rings (SSSR count). The molecule has 1 fully saturated rings. The summed E-state index contributed by atoms with van der Waals surface area (Å²) in [6, 6.07) is 4.84. The minimum Gasteiger partial charge on any atom is -0.493 e. The number of nitrogens with zero attached hydrogens (tertiary/aromatic N) is 1. The van der Waals surface area contributed by atoms with Crippen molar-refractivity contribution in [3.8, 4) is 11.5 Å². The number of rotatable bonds is 5. The first-order valence-corrected chi connectivity index (χ1v) is 7.78. The Labute approximate surface area is 128 Å². The van der Waals surface area contributed by atoms with Crippen molar-refractivity contribution >= 4 is 0 Å². The fourth-order valence-electron chi connectivity index (χ4n) is 3.22. The van der Waals surface area contributed by atoms with Gasteiger partial charge in [-0.15, -0.1) is 0 Å². The van der Waals surface area contributed by atoms with Crippen LogP contribution in [0.3, 0.4) is 0 Å². The van der Waals surface area contributed by atoms with Crippen molar-refractivity contribution in [1.82, 2.24) is 4.90 Å². The van der Waals surface area contributed by atoms with Crippen LogP contribution in [0.15, 0.2) is 12.1 Å². The predicted octanol–water partition coefficient (Wildman–Crippen LogP) is 2.71. The van der Waals surface area contributed by atoms with E-state index in [1.807, 2.05) is 0 Å². The highest BCUT2D eigenvalue weighted by molar-refractivity contribution is 5.47. The standard InChI is InChI=1S/C17H28N2O2/c1-12-9-16(20-3)17(21-4)10-14(12)11-19-8-6-5-7-15(19)13(2)18/h9-10,13,15H,5-8,11,18H2,1-4H3. The maximum absolute atomic E-state index is 6.16. The molecule has 21 heavy (non-hydrogen) atoms. The average Bonchev–Trinajstić information content (AvgIpc) is 2.49. The van der Waals surface area contributed by atoms with Gasteiger partial charge in [0.2, 0.25) is 0 Å². The second kappa shape index (κ2) is 7.14. The number of methoxy groups -OCH3 is 2. The molecule has 0 aliphatic carbocycles. The van der Waals surface area contributed by atoms with Crippen LogP contribution in [0.2, 0.25) is 0 Å². The van der Waals surface area contributed by atoms with Crippen molar-refractivity contribution in [3.63, 3.8) is 0 Å². The maximum Gasteiger partial charge on any atom is 0.161 e. The summed E-state index contributed by atoms with van der Waals surface area (Å²) in [6.45, 7) is 6.30. The first kappa shape index (κ1) is 16.1. The van der Waals surface area contributed by atoms with Gasteiger partial charge in [0.05, 0.1) is 14.2 Å². The molecule has 118 valence electrons. The van der Waals surface area contributed by atoms with Gasteiger partial charge in [0.25, 0.3) is 0 Å². The van der Waals surface area contributed by atoms with Crippen LogP contribution in [0.25, 0.3) is 0 Å². The zero-order valence-corrected chi connectivity index (χ0v) is 13.7. The summed E-state index contributed by atoms with van der Waals surface area (Å²) in [4.78, 5) is 2.52. The number of aryl methyl sites for hydroxylation is 1. The maximum atomic E-state index is 6.16. The summed E-state index contributed by atoms with van der Waals surface area (Å²) in [5.41, 5.74) is 8.69. The van der Waals surface area contributed by atoms with E-state index in [9.17, 15) is 0 Å². The van der Waals surface area contributed by atoms with Gasteiger partial charge in [-0.25, -0.2) is 0 Å². The van der Waals surface area contributed by atoms with E-state index in [0.29, 0.717) is 6.04 Å². The third kappa shape index (κ3) is 3.69. The Morgan fingerprint density at radius 2 is 1.90 bits per heavy atom. The van der Waals surface area contributed by atoms with Crippen LogP contribution in [0.4, 0.5) is 0 Å². The molecule has 2 atom stereocenters. The Balaban J connectivity index is 2.21. The van der Waals surface area contributed by atoms with Gasteiger partial charge in [-0.3, -0.25) is 4.90 Å². The molecule has 1 aromatic carbocycles. The van der Waals surface area contributed by atoms with E-state index in [2.05, 4.69) is 30.9 Å². The highest BCUT2D eigenvalue weighted by Gasteiger charge is 2.26. The van der Waals surface area contributed by atoms with Crippen molar-refractivity contribution < 1.29 is 9.47 Å². The van der Waals surface area contributed by atoms with E-state index in [1.165, 1.54) is 30.4 Å². The number of hydrogen-bond acceptors (Lipinski definition) is 4. The molecule has 0 spiro atoms. The third-order valence-electron chi connectivity index (χ3n) is 4.49. The van der Waals surface area contributed by atoms with Gasteiger partial charge in [-0.2, -0.15) is 0 Å². The first-order chi connectivity index (χ1) is 10.1. The smallest absolute Gasteiger partial charge is 0.161 e. The van der Waals surface area contributed by atoms with Gasteiger partial charge in [-0.05, 0) is 56.5 Å². The molecule has 0 amide bonds. The lowest BCUT2D eigenvalue weighted by Crippen LogP contribution is -2.48. The van der Waals surface area contributed by atoms with Gasteiger partial charge in [0.15, 0.2) is 11.5 Å². The lowest BCUT2D eigenvalue weighted by Gasteiger charge is -2.38. The molecule has 0 bridgehead atoms. The Hall–Kier alpha value is -1.26.